The molecular weight excluding hydrogens is 384 g/mol. The Labute approximate surface area is 132 Å². The maximum absolute atomic E-state index is 6.05. The number of fused-ring (bicyclic) bond motifs is 1. The molecule has 0 amide bonds. The summed E-state index contributed by atoms with van der Waals surface area (Å²) in [6.07, 6.45) is 3.62. The summed E-state index contributed by atoms with van der Waals surface area (Å²) in [5.41, 5.74) is 9.52. The SMILES string of the molecule is Nc1cc(-c2ccccc2)nc2c(C=C(Br)Br)cnn12. The summed E-state index contributed by atoms with van der Waals surface area (Å²) in [7, 11) is 0. The molecule has 3 rings (SSSR count). The fraction of sp³-hybridized carbons (Fsp3) is 0. The lowest BCUT2D eigenvalue weighted by molar-refractivity contribution is 0.954. The minimum Gasteiger partial charge on any atom is -0.384 e. The van der Waals surface area contributed by atoms with Crippen LogP contribution in [-0.2, 0) is 0 Å². The molecule has 20 heavy (non-hydrogen) atoms. The van der Waals surface area contributed by atoms with Crippen LogP contribution in [0.1, 0.15) is 5.56 Å². The van der Waals surface area contributed by atoms with E-state index in [1.54, 1.807) is 10.7 Å². The first-order chi connectivity index (χ1) is 9.65. The molecule has 100 valence electrons. The van der Waals surface area contributed by atoms with Gasteiger partial charge in [0.05, 0.1) is 15.3 Å². The normalized spacial score (nSPS) is 10.7. The second kappa shape index (κ2) is 5.38. The molecular formula is C14H10Br2N4. The number of anilines is 1. The Bertz CT molecular complexity index is 790. The molecule has 0 unspecified atom stereocenters. The standard InChI is InChI=1S/C14H10Br2N4/c15-12(16)6-10-8-18-20-13(17)7-11(19-14(10)20)9-4-2-1-3-5-9/h1-8H,17H2. The van der Waals surface area contributed by atoms with Gasteiger partial charge in [-0.3, -0.25) is 0 Å². The van der Waals surface area contributed by atoms with E-state index in [2.05, 4.69) is 41.9 Å². The summed E-state index contributed by atoms with van der Waals surface area (Å²) < 4.78 is 2.45. The summed E-state index contributed by atoms with van der Waals surface area (Å²) in [5, 5.41) is 4.25. The van der Waals surface area contributed by atoms with E-state index in [4.69, 9.17) is 5.73 Å². The van der Waals surface area contributed by atoms with Crippen molar-refractivity contribution in [2.75, 3.05) is 5.73 Å². The molecule has 2 N–H and O–H groups in total. The highest BCUT2D eigenvalue weighted by Crippen LogP contribution is 2.25. The molecule has 4 nitrogen and oxygen atoms in total. The molecule has 1 aromatic carbocycles. The third kappa shape index (κ3) is 2.48. The summed E-state index contributed by atoms with van der Waals surface area (Å²) in [6, 6.07) is 11.8. The van der Waals surface area contributed by atoms with E-state index in [0.717, 1.165) is 25.9 Å². The Balaban J connectivity index is 2.24. The van der Waals surface area contributed by atoms with E-state index in [0.29, 0.717) is 5.82 Å². The maximum atomic E-state index is 6.05. The van der Waals surface area contributed by atoms with Gasteiger partial charge in [-0.25, -0.2) is 4.98 Å². The van der Waals surface area contributed by atoms with Crippen LogP contribution in [0.5, 0.6) is 0 Å². The van der Waals surface area contributed by atoms with E-state index >= 15 is 0 Å². The molecule has 2 aromatic heterocycles. The van der Waals surface area contributed by atoms with Crippen molar-refractivity contribution in [2.24, 2.45) is 0 Å². The molecule has 0 bridgehead atoms. The van der Waals surface area contributed by atoms with E-state index in [9.17, 15) is 0 Å². The molecule has 2 heterocycles. The molecule has 6 heteroatoms. The number of rotatable bonds is 2. The van der Waals surface area contributed by atoms with Gasteiger partial charge in [-0.2, -0.15) is 9.61 Å². The summed E-state index contributed by atoms with van der Waals surface area (Å²) in [4.78, 5) is 4.65. The van der Waals surface area contributed by atoms with Crippen LogP contribution >= 0.6 is 31.9 Å². The second-order valence-corrected chi connectivity index (χ2v) is 6.97. The molecule has 0 atom stereocenters. The largest absolute Gasteiger partial charge is 0.384 e. The van der Waals surface area contributed by atoms with Gasteiger partial charge in [0.15, 0.2) is 5.65 Å². The molecule has 0 aliphatic rings. The van der Waals surface area contributed by atoms with Crippen LogP contribution < -0.4 is 5.73 Å². The summed E-state index contributed by atoms with van der Waals surface area (Å²) in [5.74, 6) is 0.555. The number of nitrogen functional groups attached to an aromatic ring is 1. The van der Waals surface area contributed by atoms with Crippen molar-refractivity contribution in [3.05, 3.63) is 51.6 Å². The van der Waals surface area contributed by atoms with Crippen LogP contribution in [0.15, 0.2) is 46.0 Å². The first-order valence-corrected chi connectivity index (χ1v) is 7.46. The first kappa shape index (κ1) is 13.3. The van der Waals surface area contributed by atoms with Crippen LogP contribution in [0.4, 0.5) is 5.82 Å². The molecule has 0 fully saturated rings. The molecule has 0 saturated heterocycles. The molecule has 3 aromatic rings. The number of hydrogen-bond acceptors (Lipinski definition) is 3. The van der Waals surface area contributed by atoms with Gasteiger partial charge in [0.2, 0.25) is 0 Å². The molecule has 0 spiro atoms. The Kier molecular flexibility index (Phi) is 3.58. The highest BCUT2D eigenvalue weighted by atomic mass is 79.9. The van der Waals surface area contributed by atoms with Crippen molar-refractivity contribution in [3.63, 3.8) is 0 Å². The third-order valence-corrected chi connectivity index (χ3v) is 3.32. The zero-order chi connectivity index (χ0) is 14.1. The second-order valence-electron chi connectivity index (χ2n) is 4.20. The van der Waals surface area contributed by atoms with Crippen molar-refractivity contribution in [1.29, 1.82) is 0 Å². The topological polar surface area (TPSA) is 56.2 Å². The van der Waals surface area contributed by atoms with E-state index in [1.165, 1.54) is 0 Å². The number of nitrogens with two attached hydrogens (primary N) is 1. The lowest BCUT2D eigenvalue weighted by atomic mass is 10.1. The predicted molar refractivity (Wildman–Crippen MR) is 88.7 cm³/mol. The van der Waals surface area contributed by atoms with Crippen molar-refractivity contribution in [2.45, 2.75) is 0 Å². The summed E-state index contributed by atoms with van der Waals surface area (Å²) >= 11 is 6.69. The minimum atomic E-state index is 0.555. The van der Waals surface area contributed by atoms with Crippen molar-refractivity contribution in [3.8, 4) is 11.3 Å². The fourth-order valence-corrected chi connectivity index (χ4v) is 2.47. The first-order valence-electron chi connectivity index (χ1n) is 5.87. The third-order valence-electron chi connectivity index (χ3n) is 2.86. The number of aromatic nitrogens is 3. The summed E-state index contributed by atoms with van der Waals surface area (Å²) in [6.45, 7) is 0. The molecule has 0 saturated carbocycles. The van der Waals surface area contributed by atoms with Crippen LogP contribution in [0.3, 0.4) is 0 Å². The smallest absolute Gasteiger partial charge is 0.165 e. The van der Waals surface area contributed by atoms with Gasteiger partial charge in [0.1, 0.15) is 5.82 Å². The van der Waals surface area contributed by atoms with Gasteiger partial charge in [-0.05, 0) is 37.9 Å². The average molecular weight is 394 g/mol. The quantitative estimate of drug-likeness (QED) is 0.713. The number of nitrogens with zero attached hydrogens (tertiary/aromatic N) is 3. The van der Waals surface area contributed by atoms with Gasteiger partial charge in [0, 0.05) is 17.2 Å². The van der Waals surface area contributed by atoms with Crippen molar-refractivity contribution >= 4 is 49.4 Å². The monoisotopic (exact) mass is 392 g/mol. The Morgan fingerprint density at radius 3 is 2.65 bits per heavy atom. The number of halogens is 2. The van der Waals surface area contributed by atoms with E-state index in [-0.39, 0.29) is 0 Å². The predicted octanol–water partition coefficient (Wildman–Crippen LogP) is 4.07. The van der Waals surface area contributed by atoms with Gasteiger partial charge in [-0.1, -0.05) is 30.3 Å². The molecule has 0 radical (unpaired) electrons. The van der Waals surface area contributed by atoms with Gasteiger partial charge in [-0.15, -0.1) is 0 Å². The van der Waals surface area contributed by atoms with E-state index in [1.807, 2.05) is 42.5 Å². The van der Waals surface area contributed by atoms with Gasteiger partial charge >= 0.3 is 0 Å². The zero-order valence-corrected chi connectivity index (χ0v) is 13.5. The van der Waals surface area contributed by atoms with Gasteiger partial charge < -0.3 is 5.73 Å². The van der Waals surface area contributed by atoms with Crippen LogP contribution in [0, 0.1) is 0 Å². The van der Waals surface area contributed by atoms with Crippen LogP contribution in [-0.4, -0.2) is 14.6 Å². The Hall–Kier alpha value is -1.66. The lowest BCUT2D eigenvalue weighted by Gasteiger charge is -2.05. The highest BCUT2D eigenvalue weighted by molar-refractivity contribution is 9.28. The van der Waals surface area contributed by atoms with Crippen LogP contribution in [0.25, 0.3) is 23.0 Å². The highest BCUT2D eigenvalue weighted by Gasteiger charge is 2.09. The van der Waals surface area contributed by atoms with Crippen molar-refractivity contribution < 1.29 is 0 Å². The molecule has 0 aliphatic heterocycles. The lowest BCUT2D eigenvalue weighted by Crippen LogP contribution is -2.01. The Morgan fingerprint density at radius 1 is 1.20 bits per heavy atom. The minimum absolute atomic E-state index is 0.555. The van der Waals surface area contributed by atoms with E-state index < -0.39 is 0 Å². The maximum Gasteiger partial charge on any atom is 0.165 e. The average Bonchev–Trinajstić information content (AvgIpc) is 2.83. The van der Waals surface area contributed by atoms with Crippen LogP contribution in [0.2, 0.25) is 0 Å². The zero-order valence-electron chi connectivity index (χ0n) is 10.3. The Morgan fingerprint density at radius 2 is 1.95 bits per heavy atom. The molecule has 0 aliphatic carbocycles. The number of hydrogen-bond donors (Lipinski definition) is 1. The fourth-order valence-electron chi connectivity index (χ4n) is 1.98. The van der Waals surface area contributed by atoms with Crippen molar-refractivity contribution in [1.82, 2.24) is 14.6 Å². The van der Waals surface area contributed by atoms with Gasteiger partial charge in [0.25, 0.3) is 0 Å². The number of benzene rings is 1.